The molecule has 0 aromatic heterocycles. The maximum Gasteiger partial charge on any atom is 0.321 e. The highest BCUT2D eigenvalue weighted by Gasteiger charge is 2.23. The molecule has 0 bridgehead atoms. The normalized spacial score (nSPS) is 14.0. The molecule has 0 radical (unpaired) electrons. The first kappa shape index (κ1) is 24.4. The summed E-state index contributed by atoms with van der Waals surface area (Å²) in [5, 5.41) is 21.8. The summed E-state index contributed by atoms with van der Waals surface area (Å²) in [6.45, 7) is 5.96. The molecular formula is C21H43NO3. The summed E-state index contributed by atoms with van der Waals surface area (Å²) in [5.74, 6) is -0.918. The van der Waals surface area contributed by atoms with Gasteiger partial charge in [-0.25, -0.2) is 0 Å². The summed E-state index contributed by atoms with van der Waals surface area (Å²) in [4.78, 5) is 11.1. The molecule has 0 aliphatic heterocycles. The van der Waals surface area contributed by atoms with Gasteiger partial charge in [-0.05, 0) is 18.8 Å². The molecule has 150 valence electrons. The number of aliphatic hydroxyl groups is 1. The predicted molar refractivity (Wildman–Crippen MR) is 106 cm³/mol. The molecule has 0 heterocycles. The van der Waals surface area contributed by atoms with Gasteiger partial charge in [-0.3, -0.25) is 10.1 Å². The third-order valence-corrected chi connectivity index (χ3v) is 4.89. The molecule has 25 heavy (non-hydrogen) atoms. The molecular weight excluding hydrogens is 314 g/mol. The first-order chi connectivity index (χ1) is 12.0. The minimum Gasteiger partial charge on any atom is -0.480 e. The maximum absolute atomic E-state index is 11.1. The Morgan fingerprint density at radius 3 is 1.56 bits per heavy atom. The van der Waals surface area contributed by atoms with Crippen LogP contribution in [0.2, 0.25) is 0 Å². The Bertz CT molecular complexity index is 308. The number of rotatable bonds is 18. The second-order valence-corrected chi connectivity index (χ2v) is 7.77. The van der Waals surface area contributed by atoms with Crippen LogP contribution >= 0.6 is 0 Å². The van der Waals surface area contributed by atoms with E-state index in [1.807, 2.05) is 13.8 Å². The Kier molecular flexibility index (Phi) is 16.4. The summed E-state index contributed by atoms with van der Waals surface area (Å²) >= 11 is 0. The van der Waals surface area contributed by atoms with E-state index in [0.717, 1.165) is 12.8 Å². The molecule has 0 aromatic rings. The van der Waals surface area contributed by atoms with E-state index in [-0.39, 0.29) is 5.92 Å². The molecule has 0 fully saturated rings. The fourth-order valence-electron chi connectivity index (χ4n) is 3.19. The van der Waals surface area contributed by atoms with Crippen LogP contribution in [0, 0.1) is 5.92 Å². The Labute approximate surface area is 155 Å². The summed E-state index contributed by atoms with van der Waals surface area (Å²) in [7, 11) is 0. The topological polar surface area (TPSA) is 69.6 Å². The van der Waals surface area contributed by atoms with Crippen LogP contribution in [0.15, 0.2) is 0 Å². The molecule has 0 spiro atoms. The molecule has 0 aliphatic rings. The number of aliphatic carboxylic acids is 1. The van der Waals surface area contributed by atoms with Gasteiger partial charge < -0.3 is 10.2 Å². The van der Waals surface area contributed by atoms with Crippen LogP contribution in [0.3, 0.4) is 0 Å². The van der Waals surface area contributed by atoms with Crippen LogP contribution in [0.1, 0.15) is 111 Å². The Morgan fingerprint density at radius 1 is 0.800 bits per heavy atom. The molecule has 3 N–H and O–H groups in total. The van der Waals surface area contributed by atoms with Gasteiger partial charge in [0.05, 0.1) is 0 Å². The summed E-state index contributed by atoms with van der Waals surface area (Å²) in [5.41, 5.74) is 0. The zero-order valence-corrected chi connectivity index (χ0v) is 16.9. The van der Waals surface area contributed by atoms with Gasteiger partial charge in [-0.2, -0.15) is 0 Å². The van der Waals surface area contributed by atoms with Gasteiger partial charge in [-0.15, -0.1) is 0 Å². The molecule has 2 atom stereocenters. The van der Waals surface area contributed by atoms with Crippen LogP contribution in [-0.4, -0.2) is 28.5 Å². The maximum atomic E-state index is 11.1. The van der Waals surface area contributed by atoms with E-state index in [9.17, 15) is 9.90 Å². The standard InChI is InChI=1S/C21H43NO3/c1-4-5-6-7-8-9-10-11-12-13-14-15-16-17-19(23)22-20(18(2)3)21(24)25/h18-20,22-23H,4-17H2,1-3H3,(H,24,25). The van der Waals surface area contributed by atoms with E-state index >= 15 is 0 Å². The highest BCUT2D eigenvalue weighted by atomic mass is 16.4. The first-order valence-electron chi connectivity index (χ1n) is 10.7. The van der Waals surface area contributed by atoms with Crippen molar-refractivity contribution in [1.29, 1.82) is 0 Å². The van der Waals surface area contributed by atoms with Gasteiger partial charge in [-0.1, -0.05) is 97.8 Å². The molecule has 2 unspecified atom stereocenters. The number of nitrogens with one attached hydrogen (secondary N) is 1. The molecule has 0 amide bonds. The van der Waals surface area contributed by atoms with Gasteiger partial charge in [0.2, 0.25) is 0 Å². The number of hydrogen-bond acceptors (Lipinski definition) is 3. The zero-order valence-electron chi connectivity index (χ0n) is 16.9. The van der Waals surface area contributed by atoms with Gasteiger partial charge in [0, 0.05) is 0 Å². The van der Waals surface area contributed by atoms with E-state index in [1.54, 1.807) is 0 Å². The fourth-order valence-corrected chi connectivity index (χ4v) is 3.19. The van der Waals surface area contributed by atoms with Crippen molar-refractivity contribution in [2.45, 2.75) is 123 Å². The third-order valence-electron chi connectivity index (χ3n) is 4.89. The smallest absolute Gasteiger partial charge is 0.321 e. The molecule has 4 nitrogen and oxygen atoms in total. The van der Waals surface area contributed by atoms with Gasteiger partial charge in [0.25, 0.3) is 0 Å². The van der Waals surface area contributed by atoms with Crippen molar-refractivity contribution in [3.8, 4) is 0 Å². The lowest BCUT2D eigenvalue weighted by atomic mass is 10.0. The van der Waals surface area contributed by atoms with Gasteiger partial charge in [0.15, 0.2) is 0 Å². The second kappa shape index (κ2) is 16.8. The highest BCUT2D eigenvalue weighted by Crippen LogP contribution is 2.13. The van der Waals surface area contributed by atoms with Gasteiger partial charge >= 0.3 is 5.97 Å². The van der Waals surface area contributed by atoms with Crippen molar-refractivity contribution >= 4 is 5.97 Å². The highest BCUT2D eigenvalue weighted by molar-refractivity contribution is 5.73. The monoisotopic (exact) mass is 357 g/mol. The molecule has 4 heteroatoms. The van der Waals surface area contributed by atoms with Crippen molar-refractivity contribution in [3.05, 3.63) is 0 Å². The molecule has 0 aromatic carbocycles. The third kappa shape index (κ3) is 15.4. The predicted octanol–water partition coefficient (Wildman–Crippen LogP) is 5.48. The second-order valence-electron chi connectivity index (χ2n) is 7.77. The summed E-state index contributed by atoms with van der Waals surface area (Å²) in [6, 6.07) is -0.669. The van der Waals surface area contributed by atoms with Crippen LogP contribution in [0.25, 0.3) is 0 Å². The first-order valence-corrected chi connectivity index (χ1v) is 10.7. The van der Waals surface area contributed by atoms with Crippen molar-refractivity contribution < 1.29 is 15.0 Å². The van der Waals surface area contributed by atoms with E-state index in [0.29, 0.717) is 6.42 Å². The van der Waals surface area contributed by atoms with Crippen LogP contribution < -0.4 is 5.32 Å². The lowest BCUT2D eigenvalue weighted by molar-refractivity contribution is -0.141. The van der Waals surface area contributed by atoms with E-state index < -0.39 is 18.2 Å². The van der Waals surface area contributed by atoms with Crippen molar-refractivity contribution in [2.24, 2.45) is 5.92 Å². The number of hydrogen-bond donors (Lipinski definition) is 3. The molecule has 0 saturated carbocycles. The molecule has 0 aliphatic carbocycles. The van der Waals surface area contributed by atoms with E-state index in [1.165, 1.54) is 70.6 Å². The van der Waals surface area contributed by atoms with Crippen LogP contribution in [-0.2, 0) is 4.79 Å². The number of carbonyl (C=O) groups is 1. The van der Waals surface area contributed by atoms with Crippen molar-refractivity contribution in [3.63, 3.8) is 0 Å². The average molecular weight is 358 g/mol. The lowest BCUT2D eigenvalue weighted by Gasteiger charge is -2.22. The van der Waals surface area contributed by atoms with Crippen LogP contribution in [0.4, 0.5) is 0 Å². The number of unbranched alkanes of at least 4 members (excludes halogenated alkanes) is 12. The Hall–Kier alpha value is -0.610. The molecule has 0 saturated heterocycles. The number of carboxylic acids is 1. The number of aliphatic hydroxyl groups excluding tert-OH is 1. The fraction of sp³-hybridized carbons (Fsp3) is 0.952. The van der Waals surface area contributed by atoms with Gasteiger partial charge in [0.1, 0.15) is 12.3 Å². The zero-order chi connectivity index (χ0) is 18.9. The number of carboxylic acid groups (broad SMARTS) is 1. The SMILES string of the molecule is CCCCCCCCCCCCCCCC(O)NC(C(=O)O)C(C)C. The van der Waals surface area contributed by atoms with Crippen LogP contribution in [0.5, 0.6) is 0 Å². The summed E-state index contributed by atoms with van der Waals surface area (Å²) < 4.78 is 0. The Balaban J connectivity index is 3.39. The van der Waals surface area contributed by atoms with E-state index in [2.05, 4.69) is 12.2 Å². The lowest BCUT2D eigenvalue weighted by Crippen LogP contribution is -2.46. The molecule has 0 rings (SSSR count). The quantitative estimate of drug-likeness (QED) is 0.224. The van der Waals surface area contributed by atoms with Crippen molar-refractivity contribution in [1.82, 2.24) is 5.32 Å². The van der Waals surface area contributed by atoms with E-state index in [4.69, 9.17) is 5.11 Å². The average Bonchev–Trinajstić information content (AvgIpc) is 2.56. The summed E-state index contributed by atoms with van der Waals surface area (Å²) in [6.07, 6.45) is 16.9. The Morgan fingerprint density at radius 2 is 1.20 bits per heavy atom. The van der Waals surface area contributed by atoms with Crippen molar-refractivity contribution in [2.75, 3.05) is 0 Å². The minimum absolute atomic E-state index is 0.0289. The largest absolute Gasteiger partial charge is 0.480 e. The minimum atomic E-state index is -0.889.